The zero-order valence-electron chi connectivity index (χ0n) is 14.5. The zero-order valence-corrected chi connectivity index (χ0v) is 15.3. The Morgan fingerprint density at radius 1 is 1.04 bits per heavy atom. The lowest BCUT2D eigenvalue weighted by atomic mass is 10.0. The molecule has 0 aliphatic carbocycles. The molecule has 0 heterocycles. The normalized spacial score (nSPS) is 12.7. The summed E-state index contributed by atoms with van der Waals surface area (Å²) in [6.45, 7) is 4.02. The number of hydrogen-bond donors (Lipinski definition) is 0. The molecular formula is C19H23NO3S. The van der Waals surface area contributed by atoms with E-state index >= 15 is 0 Å². The molecule has 1 unspecified atom stereocenters. The van der Waals surface area contributed by atoms with E-state index in [0.29, 0.717) is 11.1 Å². The van der Waals surface area contributed by atoms with Crippen LogP contribution < -0.4 is 0 Å². The molecule has 0 aliphatic heterocycles. The van der Waals surface area contributed by atoms with Crippen molar-refractivity contribution in [2.24, 2.45) is 0 Å². The number of aryl methyl sites for hydroxylation is 1. The van der Waals surface area contributed by atoms with Crippen molar-refractivity contribution in [1.29, 1.82) is 0 Å². The first-order chi connectivity index (χ1) is 11.2. The van der Waals surface area contributed by atoms with Gasteiger partial charge in [0.05, 0.1) is 11.8 Å². The Kier molecular flexibility index (Phi) is 5.44. The van der Waals surface area contributed by atoms with E-state index < -0.39 is 9.84 Å². The van der Waals surface area contributed by atoms with Gasteiger partial charge in [0, 0.05) is 18.9 Å². The van der Waals surface area contributed by atoms with E-state index in [4.69, 9.17) is 0 Å². The molecule has 2 aromatic carbocycles. The number of benzene rings is 2. The molecule has 5 heteroatoms. The van der Waals surface area contributed by atoms with Crippen LogP contribution in [0.4, 0.5) is 0 Å². The Morgan fingerprint density at radius 3 is 2.08 bits per heavy atom. The van der Waals surface area contributed by atoms with Gasteiger partial charge in [0.25, 0.3) is 5.91 Å². The molecule has 0 bridgehead atoms. The van der Waals surface area contributed by atoms with E-state index in [0.717, 1.165) is 5.56 Å². The quantitative estimate of drug-likeness (QED) is 0.835. The van der Waals surface area contributed by atoms with E-state index in [1.807, 2.05) is 38.1 Å². The van der Waals surface area contributed by atoms with Crippen molar-refractivity contribution in [3.05, 3.63) is 70.8 Å². The Hall–Kier alpha value is -2.14. The fourth-order valence-corrected chi connectivity index (χ4v) is 3.29. The number of nitrogens with zero attached hydrogens (tertiary/aromatic N) is 1. The summed E-state index contributed by atoms with van der Waals surface area (Å²) in [5.74, 6) is -0.106. The number of rotatable bonds is 5. The summed E-state index contributed by atoms with van der Waals surface area (Å²) < 4.78 is 22.6. The summed E-state index contributed by atoms with van der Waals surface area (Å²) >= 11 is 0. The van der Waals surface area contributed by atoms with Crippen LogP contribution in [0.5, 0.6) is 0 Å². The average Bonchev–Trinajstić information content (AvgIpc) is 2.53. The van der Waals surface area contributed by atoms with Crippen molar-refractivity contribution in [3.63, 3.8) is 0 Å². The molecule has 128 valence electrons. The molecule has 4 nitrogen and oxygen atoms in total. The molecule has 1 atom stereocenters. The van der Waals surface area contributed by atoms with Crippen molar-refractivity contribution >= 4 is 15.7 Å². The highest BCUT2D eigenvalue weighted by molar-refractivity contribution is 7.89. The van der Waals surface area contributed by atoms with Gasteiger partial charge in [0.1, 0.15) is 0 Å². The number of carbonyl (C=O) groups is 1. The number of carbonyl (C=O) groups excluding carboxylic acids is 1. The summed E-state index contributed by atoms with van der Waals surface area (Å²) in [5.41, 5.74) is 3.49. The van der Waals surface area contributed by atoms with Gasteiger partial charge >= 0.3 is 0 Å². The highest BCUT2D eigenvalue weighted by atomic mass is 32.2. The molecule has 2 aromatic rings. The lowest BCUT2D eigenvalue weighted by Crippen LogP contribution is -2.29. The topological polar surface area (TPSA) is 54.5 Å². The second-order valence-electron chi connectivity index (χ2n) is 6.27. The third kappa shape index (κ3) is 4.68. The van der Waals surface area contributed by atoms with Gasteiger partial charge in [-0.15, -0.1) is 0 Å². The number of hydrogen-bond acceptors (Lipinski definition) is 3. The third-order valence-electron chi connectivity index (χ3n) is 4.09. The second kappa shape index (κ2) is 7.18. The van der Waals surface area contributed by atoms with E-state index in [2.05, 4.69) is 0 Å². The molecule has 0 aliphatic rings. The smallest absolute Gasteiger partial charge is 0.254 e. The fraction of sp³-hybridized carbons (Fsp3) is 0.316. The highest BCUT2D eigenvalue weighted by Crippen LogP contribution is 2.21. The summed E-state index contributed by atoms with van der Waals surface area (Å²) in [5, 5.41) is 0. The van der Waals surface area contributed by atoms with Gasteiger partial charge in [-0.1, -0.05) is 42.0 Å². The van der Waals surface area contributed by atoms with E-state index in [-0.39, 0.29) is 17.7 Å². The molecule has 0 fully saturated rings. The summed E-state index contributed by atoms with van der Waals surface area (Å²) in [4.78, 5) is 14.3. The molecule has 0 radical (unpaired) electrons. The standard InChI is InChI=1S/C19H23NO3S/c1-14-5-9-17(10-6-14)15(2)20(3)19(21)18-11-7-16(8-12-18)13-24(4,22)23/h5-12,15H,13H2,1-4H3. The Morgan fingerprint density at radius 2 is 1.58 bits per heavy atom. The van der Waals surface area contributed by atoms with Crippen LogP contribution in [0.15, 0.2) is 48.5 Å². The molecule has 2 rings (SSSR count). The molecule has 1 amide bonds. The SMILES string of the molecule is Cc1ccc(C(C)N(C)C(=O)c2ccc(CS(C)(=O)=O)cc2)cc1. The Balaban J connectivity index is 2.13. The van der Waals surface area contributed by atoms with Crippen LogP contribution in [0.2, 0.25) is 0 Å². The molecule has 24 heavy (non-hydrogen) atoms. The van der Waals surface area contributed by atoms with Crippen LogP contribution in [-0.4, -0.2) is 32.5 Å². The van der Waals surface area contributed by atoms with Crippen LogP contribution in [0.25, 0.3) is 0 Å². The zero-order chi connectivity index (χ0) is 17.9. The first-order valence-corrected chi connectivity index (χ1v) is 9.84. The second-order valence-corrected chi connectivity index (χ2v) is 8.41. The molecule has 0 saturated heterocycles. The maximum atomic E-state index is 12.6. The fourth-order valence-electron chi connectivity index (χ4n) is 2.49. The number of amides is 1. The maximum absolute atomic E-state index is 12.6. The number of sulfone groups is 1. The van der Waals surface area contributed by atoms with E-state index in [1.165, 1.54) is 11.8 Å². The molecule has 0 aromatic heterocycles. The summed E-state index contributed by atoms with van der Waals surface area (Å²) in [7, 11) is -1.30. The van der Waals surface area contributed by atoms with Crippen LogP contribution in [0.3, 0.4) is 0 Å². The minimum absolute atomic E-state index is 0.0168. The van der Waals surface area contributed by atoms with Gasteiger partial charge in [-0.05, 0) is 37.1 Å². The minimum Gasteiger partial charge on any atom is -0.335 e. The van der Waals surface area contributed by atoms with E-state index in [9.17, 15) is 13.2 Å². The van der Waals surface area contributed by atoms with Crippen molar-refractivity contribution in [2.75, 3.05) is 13.3 Å². The van der Waals surface area contributed by atoms with Crippen molar-refractivity contribution in [2.45, 2.75) is 25.6 Å². The van der Waals surface area contributed by atoms with Crippen LogP contribution in [0, 0.1) is 6.92 Å². The van der Waals surface area contributed by atoms with Gasteiger partial charge in [-0.2, -0.15) is 0 Å². The molecule has 0 spiro atoms. The lowest BCUT2D eigenvalue weighted by molar-refractivity contribution is 0.0742. The first-order valence-electron chi connectivity index (χ1n) is 7.78. The van der Waals surface area contributed by atoms with Gasteiger partial charge in [-0.25, -0.2) is 8.42 Å². The third-order valence-corrected chi connectivity index (χ3v) is 4.95. The van der Waals surface area contributed by atoms with Gasteiger partial charge in [-0.3, -0.25) is 4.79 Å². The highest BCUT2D eigenvalue weighted by Gasteiger charge is 2.19. The largest absolute Gasteiger partial charge is 0.335 e. The lowest BCUT2D eigenvalue weighted by Gasteiger charge is -2.25. The Bertz CT molecular complexity index is 809. The predicted molar refractivity (Wildman–Crippen MR) is 96.7 cm³/mol. The van der Waals surface area contributed by atoms with Crippen LogP contribution >= 0.6 is 0 Å². The van der Waals surface area contributed by atoms with Crippen LogP contribution in [-0.2, 0) is 15.6 Å². The molecule has 0 N–H and O–H groups in total. The Labute approximate surface area is 144 Å². The minimum atomic E-state index is -3.07. The maximum Gasteiger partial charge on any atom is 0.254 e. The van der Waals surface area contributed by atoms with Gasteiger partial charge < -0.3 is 4.90 Å². The predicted octanol–water partition coefficient (Wildman–Crippen LogP) is 3.37. The van der Waals surface area contributed by atoms with Crippen molar-refractivity contribution in [3.8, 4) is 0 Å². The van der Waals surface area contributed by atoms with Crippen molar-refractivity contribution < 1.29 is 13.2 Å². The van der Waals surface area contributed by atoms with Gasteiger partial charge in [0.2, 0.25) is 0 Å². The van der Waals surface area contributed by atoms with E-state index in [1.54, 1.807) is 36.2 Å². The summed E-state index contributed by atoms with van der Waals surface area (Å²) in [6.07, 6.45) is 1.20. The van der Waals surface area contributed by atoms with Gasteiger partial charge in [0.15, 0.2) is 9.84 Å². The monoisotopic (exact) mass is 345 g/mol. The molecule has 0 saturated carbocycles. The average molecular weight is 345 g/mol. The molecular weight excluding hydrogens is 322 g/mol. The summed E-state index contributed by atoms with van der Waals surface area (Å²) in [6, 6.07) is 14.8. The van der Waals surface area contributed by atoms with Crippen LogP contribution in [0.1, 0.15) is 40.0 Å². The van der Waals surface area contributed by atoms with Crippen molar-refractivity contribution in [1.82, 2.24) is 4.90 Å². The first kappa shape index (κ1) is 18.2.